The standard InChI is InChI=1S/C12H18N4O2/c1-3-18-11-6-8(2)14-12(16-11)13-7-9-4-5-10(17)15-9/h6,9H,3-5,7H2,1-2H3,(H,15,17)(H,13,14,16). The van der Waals surface area contributed by atoms with E-state index in [1.165, 1.54) is 0 Å². The molecule has 1 aliphatic heterocycles. The highest BCUT2D eigenvalue weighted by atomic mass is 16.5. The molecule has 0 aliphatic carbocycles. The van der Waals surface area contributed by atoms with E-state index in [1.54, 1.807) is 6.07 Å². The quantitative estimate of drug-likeness (QED) is 0.811. The second kappa shape index (κ2) is 5.66. The number of aromatic nitrogens is 2. The molecule has 0 bridgehead atoms. The van der Waals surface area contributed by atoms with Gasteiger partial charge >= 0.3 is 0 Å². The van der Waals surface area contributed by atoms with Gasteiger partial charge in [-0.2, -0.15) is 4.98 Å². The van der Waals surface area contributed by atoms with E-state index >= 15 is 0 Å². The van der Waals surface area contributed by atoms with Crippen molar-refractivity contribution in [3.8, 4) is 5.88 Å². The summed E-state index contributed by atoms with van der Waals surface area (Å²) in [4.78, 5) is 19.6. The summed E-state index contributed by atoms with van der Waals surface area (Å²) in [5, 5.41) is 6.02. The van der Waals surface area contributed by atoms with Crippen LogP contribution in [0, 0.1) is 6.92 Å². The van der Waals surface area contributed by atoms with Gasteiger partial charge in [0.2, 0.25) is 17.7 Å². The van der Waals surface area contributed by atoms with Gasteiger partial charge in [0, 0.05) is 30.8 Å². The number of nitrogens with zero attached hydrogens (tertiary/aromatic N) is 2. The Kier molecular flexibility index (Phi) is 3.96. The molecule has 0 aromatic carbocycles. The maximum atomic E-state index is 11.1. The Hall–Kier alpha value is -1.85. The maximum absolute atomic E-state index is 11.1. The minimum Gasteiger partial charge on any atom is -0.478 e. The third kappa shape index (κ3) is 3.32. The first-order valence-corrected chi connectivity index (χ1v) is 6.19. The zero-order valence-electron chi connectivity index (χ0n) is 10.7. The van der Waals surface area contributed by atoms with Crippen molar-refractivity contribution >= 4 is 11.9 Å². The normalized spacial score (nSPS) is 18.6. The molecule has 1 saturated heterocycles. The average molecular weight is 250 g/mol. The Morgan fingerprint density at radius 1 is 1.56 bits per heavy atom. The smallest absolute Gasteiger partial charge is 0.226 e. The van der Waals surface area contributed by atoms with E-state index in [2.05, 4.69) is 20.6 Å². The molecule has 1 fully saturated rings. The molecule has 1 aromatic rings. The molecule has 2 N–H and O–H groups in total. The van der Waals surface area contributed by atoms with E-state index in [4.69, 9.17) is 4.74 Å². The van der Waals surface area contributed by atoms with Gasteiger partial charge < -0.3 is 15.4 Å². The Bertz CT molecular complexity index is 436. The van der Waals surface area contributed by atoms with Gasteiger partial charge in [-0.05, 0) is 20.3 Å². The van der Waals surface area contributed by atoms with Gasteiger partial charge in [0.25, 0.3) is 0 Å². The summed E-state index contributed by atoms with van der Waals surface area (Å²) < 4.78 is 5.36. The van der Waals surface area contributed by atoms with E-state index in [1.807, 2.05) is 13.8 Å². The highest BCUT2D eigenvalue weighted by Gasteiger charge is 2.20. The molecule has 18 heavy (non-hydrogen) atoms. The number of nitrogens with one attached hydrogen (secondary N) is 2. The number of anilines is 1. The number of carbonyl (C=O) groups is 1. The van der Waals surface area contributed by atoms with Crippen molar-refractivity contribution in [1.29, 1.82) is 0 Å². The molecular weight excluding hydrogens is 232 g/mol. The lowest BCUT2D eigenvalue weighted by atomic mass is 10.2. The molecule has 6 heteroatoms. The van der Waals surface area contributed by atoms with Crippen molar-refractivity contribution < 1.29 is 9.53 Å². The van der Waals surface area contributed by atoms with Crippen LogP contribution < -0.4 is 15.4 Å². The van der Waals surface area contributed by atoms with Crippen LogP contribution in [-0.4, -0.2) is 35.1 Å². The van der Waals surface area contributed by atoms with Gasteiger partial charge in [-0.3, -0.25) is 4.79 Å². The molecule has 0 spiro atoms. The second-order valence-electron chi connectivity index (χ2n) is 4.29. The number of rotatable bonds is 5. The summed E-state index contributed by atoms with van der Waals surface area (Å²) in [5.74, 6) is 1.23. The van der Waals surface area contributed by atoms with Gasteiger partial charge in [-0.15, -0.1) is 0 Å². The van der Waals surface area contributed by atoms with E-state index in [9.17, 15) is 4.79 Å². The largest absolute Gasteiger partial charge is 0.478 e. The number of hydrogen-bond donors (Lipinski definition) is 2. The lowest BCUT2D eigenvalue weighted by Gasteiger charge is -2.12. The average Bonchev–Trinajstić information content (AvgIpc) is 2.72. The van der Waals surface area contributed by atoms with Crippen LogP contribution in [0.1, 0.15) is 25.5 Å². The zero-order chi connectivity index (χ0) is 13.0. The highest BCUT2D eigenvalue weighted by Crippen LogP contribution is 2.13. The van der Waals surface area contributed by atoms with Gasteiger partial charge in [-0.25, -0.2) is 4.98 Å². The monoisotopic (exact) mass is 250 g/mol. The summed E-state index contributed by atoms with van der Waals surface area (Å²) in [6, 6.07) is 1.96. The molecule has 1 unspecified atom stereocenters. The van der Waals surface area contributed by atoms with Crippen LogP contribution in [0.2, 0.25) is 0 Å². The Labute approximate surface area is 106 Å². The summed E-state index contributed by atoms with van der Waals surface area (Å²) in [6.07, 6.45) is 1.46. The van der Waals surface area contributed by atoms with Crippen LogP contribution in [0.5, 0.6) is 5.88 Å². The highest BCUT2D eigenvalue weighted by molar-refractivity contribution is 5.78. The Morgan fingerprint density at radius 3 is 3.06 bits per heavy atom. The van der Waals surface area contributed by atoms with Crippen molar-refractivity contribution in [3.05, 3.63) is 11.8 Å². The van der Waals surface area contributed by atoms with E-state index in [0.717, 1.165) is 12.1 Å². The molecule has 0 saturated carbocycles. The van der Waals surface area contributed by atoms with Crippen LogP contribution in [0.15, 0.2) is 6.07 Å². The second-order valence-corrected chi connectivity index (χ2v) is 4.29. The molecule has 6 nitrogen and oxygen atoms in total. The first kappa shape index (κ1) is 12.6. The topological polar surface area (TPSA) is 76.1 Å². The molecular formula is C12H18N4O2. The van der Waals surface area contributed by atoms with Gasteiger partial charge in [-0.1, -0.05) is 0 Å². The lowest BCUT2D eigenvalue weighted by Crippen LogP contribution is -2.32. The number of carbonyl (C=O) groups excluding carboxylic acids is 1. The third-order valence-corrected chi connectivity index (χ3v) is 2.71. The number of aryl methyl sites for hydroxylation is 1. The Balaban J connectivity index is 1.94. The van der Waals surface area contributed by atoms with Gasteiger partial charge in [0.1, 0.15) is 0 Å². The van der Waals surface area contributed by atoms with Crippen LogP contribution in [0.4, 0.5) is 5.95 Å². The SMILES string of the molecule is CCOc1cc(C)nc(NCC2CCC(=O)N2)n1. The predicted molar refractivity (Wildman–Crippen MR) is 67.6 cm³/mol. The lowest BCUT2D eigenvalue weighted by molar-refractivity contribution is -0.119. The van der Waals surface area contributed by atoms with E-state index in [-0.39, 0.29) is 11.9 Å². The molecule has 1 amide bonds. The minimum atomic E-state index is 0.113. The van der Waals surface area contributed by atoms with Crippen molar-refractivity contribution in [1.82, 2.24) is 15.3 Å². The number of amides is 1. The third-order valence-electron chi connectivity index (χ3n) is 2.71. The summed E-state index contributed by atoms with van der Waals surface area (Å²) in [5.41, 5.74) is 0.853. The van der Waals surface area contributed by atoms with Crippen LogP contribution >= 0.6 is 0 Å². The first-order chi connectivity index (χ1) is 8.67. The fourth-order valence-electron chi connectivity index (χ4n) is 1.89. The van der Waals surface area contributed by atoms with Crippen LogP contribution in [0.25, 0.3) is 0 Å². The van der Waals surface area contributed by atoms with Gasteiger partial charge in [0.05, 0.1) is 6.61 Å². The molecule has 0 radical (unpaired) electrons. The van der Waals surface area contributed by atoms with Crippen molar-refractivity contribution in [2.45, 2.75) is 32.7 Å². The van der Waals surface area contributed by atoms with Crippen LogP contribution in [-0.2, 0) is 4.79 Å². The molecule has 2 rings (SSSR count). The fourth-order valence-corrected chi connectivity index (χ4v) is 1.89. The first-order valence-electron chi connectivity index (χ1n) is 6.19. The summed E-state index contributed by atoms with van der Waals surface area (Å²) >= 11 is 0. The van der Waals surface area contributed by atoms with Gasteiger partial charge in [0.15, 0.2) is 0 Å². The Morgan fingerprint density at radius 2 is 2.39 bits per heavy atom. The maximum Gasteiger partial charge on any atom is 0.226 e. The summed E-state index contributed by atoms with van der Waals surface area (Å²) in [7, 11) is 0. The minimum absolute atomic E-state index is 0.113. The summed E-state index contributed by atoms with van der Waals surface area (Å²) in [6.45, 7) is 5.03. The van der Waals surface area contributed by atoms with Crippen molar-refractivity contribution in [2.24, 2.45) is 0 Å². The van der Waals surface area contributed by atoms with E-state index in [0.29, 0.717) is 31.4 Å². The van der Waals surface area contributed by atoms with E-state index < -0.39 is 0 Å². The molecule has 1 atom stereocenters. The predicted octanol–water partition coefficient (Wildman–Crippen LogP) is 0.874. The molecule has 98 valence electrons. The van der Waals surface area contributed by atoms with Crippen molar-refractivity contribution in [3.63, 3.8) is 0 Å². The molecule has 1 aliphatic rings. The molecule has 1 aromatic heterocycles. The number of ether oxygens (including phenoxy) is 1. The zero-order valence-corrected chi connectivity index (χ0v) is 10.7. The number of hydrogen-bond acceptors (Lipinski definition) is 5. The molecule has 2 heterocycles. The van der Waals surface area contributed by atoms with Crippen molar-refractivity contribution in [2.75, 3.05) is 18.5 Å². The fraction of sp³-hybridized carbons (Fsp3) is 0.583. The van der Waals surface area contributed by atoms with Crippen LogP contribution in [0.3, 0.4) is 0 Å².